The monoisotopic (exact) mass is 496 g/mol. The molecular weight excluding hydrogens is 472 g/mol. The first-order chi connectivity index (χ1) is 14.0. The van der Waals surface area contributed by atoms with E-state index < -0.39 is 21.5 Å². The van der Waals surface area contributed by atoms with Gasteiger partial charge in [0, 0.05) is 22.5 Å². The molecule has 2 aromatic carbocycles. The lowest BCUT2D eigenvalue weighted by molar-refractivity contribution is -0.120. The Morgan fingerprint density at radius 3 is 2.67 bits per heavy atom. The summed E-state index contributed by atoms with van der Waals surface area (Å²) in [6.07, 6.45) is 1.63. The first-order valence-electron chi connectivity index (χ1n) is 9.38. The highest BCUT2D eigenvalue weighted by atomic mass is 79.9. The number of amides is 1. The third-order valence-electron chi connectivity index (χ3n) is 4.80. The Morgan fingerprint density at radius 2 is 2.03 bits per heavy atom. The van der Waals surface area contributed by atoms with Crippen LogP contribution < -0.4 is 19.1 Å². The summed E-state index contributed by atoms with van der Waals surface area (Å²) in [5.74, 6) is 0.905. The van der Waals surface area contributed by atoms with Crippen LogP contribution in [0.15, 0.2) is 46.9 Å². The zero-order chi connectivity index (χ0) is 22.1. The summed E-state index contributed by atoms with van der Waals surface area (Å²) in [6, 6.07) is 12.0. The summed E-state index contributed by atoms with van der Waals surface area (Å²) in [5, 5.41) is 2.98. The van der Waals surface area contributed by atoms with E-state index in [0.29, 0.717) is 23.6 Å². The van der Waals surface area contributed by atoms with E-state index in [1.54, 1.807) is 37.4 Å². The Bertz CT molecular complexity index is 1060. The van der Waals surface area contributed by atoms with Gasteiger partial charge in [-0.05, 0) is 44.2 Å². The number of sulfonamides is 1. The fourth-order valence-electron chi connectivity index (χ4n) is 3.49. The van der Waals surface area contributed by atoms with Crippen LogP contribution in [0.4, 0.5) is 5.69 Å². The Morgan fingerprint density at radius 1 is 1.30 bits per heavy atom. The predicted octanol–water partition coefficient (Wildman–Crippen LogP) is 3.64. The number of carbonyl (C=O) groups is 1. The van der Waals surface area contributed by atoms with E-state index in [4.69, 9.17) is 9.47 Å². The maximum Gasteiger partial charge on any atom is 0.241 e. The van der Waals surface area contributed by atoms with Gasteiger partial charge >= 0.3 is 0 Å². The molecule has 0 aromatic heterocycles. The van der Waals surface area contributed by atoms with Crippen molar-refractivity contribution in [2.24, 2.45) is 0 Å². The first kappa shape index (κ1) is 22.4. The van der Waals surface area contributed by atoms with Crippen molar-refractivity contribution in [2.75, 3.05) is 24.2 Å². The van der Waals surface area contributed by atoms with Gasteiger partial charge < -0.3 is 14.8 Å². The summed E-state index contributed by atoms with van der Waals surface area (Å²) in [4.78, 5) is 12.9. The van der Waals surface area contributed by atoms with Gasteiger partial charge in [-0.15, -0.1) is 0 Å². The molecule has 1 unspecified atom stereocenters. The number of methoxy groups -OCH3 is 1. The molecule has 1 aliphatic heterocycles. The van der Waals surface area contributed by atoms with Crippen LogP contribution in [0.2, 0.25) is 0 Å². The van der Waals surface area contributed by atoms with E-state index in [1.807, 2.05) is 26.0 Å². The molecular formula is C21H25BrN2O5S. The molecule has 1 atom stereocenters. The Balaban J connectivity index is 1.84. The summed E-state index contributed by atoms with van der Waals surface area (Å²) in [7, 11) is -2.07. The SMILES string of the molecule is COc1ccc2c(c1)OC(C)(C)CC2NC(=O)CN(c1cccc(Br)c1)S(C)(=O)=O. The fourth-order valence-corrected chi connectivity index (χ4v) is 4.72. The number of rotatable bonds is 6. The highest BCUT2D eigenvalue weighted by Crippen LogP contribution is 2.41. The molecule has 162 valence electrons. The second-order valence-electron chi connectivity index (χ2n) is 7.84. The number of hydrogen-bond donors (Lipinski definition) is 1. The van der Waals surface area contributed by atoms with Crippen LogP contribution in [0, 0.1) is 0 Å². The van der Waals surface area contributed by atoms with Crippen molar-refractivity contribution in [1.29, 1.82) is 0 Å². The maximum atomic E-state index is 12.9. The van der Waals surface area contributed by atoms with E-state index in [1.165, 1.54) is 0 Å². The third kappa shape index (κ3) is 5.26. The minimum Gasteiger partial charge on any atom is -0.497 e. The van der Waals surface area contributed by atoms with E-state index in [2.05, 4.69) is 21.2 Å². The molecule has 1 amide bonds. The number of halogens is 1. The molecule has 9 heteroatoms. The molecule has 0 radical (unpaired) electrons. The lowest BCUT2D eigenvalue weighted by atomic mass is 9.89. The van der Waals surface area contributed by atoms with Gasteiger partial charge in [0.15, 0.2) is 0 Å². The average Bonchev–Trinajstić information content (AvgIpc) is 2.63. The quantitative estimate of drug-likeness (QED) is 0.659. The molecule has 1 aliphatic rings. The topological polar surface area (TPSA) is 84.9 Å². The molecule has 1 N–H and O–H groups in total. The Labute approximate surface area is 185 Å². The van der Waals surface area contributed by atoms with Crippen molar-refractivity contribution in [2.45, 2.75) is 31.9 Å². The van der Waals surface area contributed by atoms with Gasteiger partial charge in [-0.25, -0.2) is 8.42 Å². The highest BCUT2D eigenvalue weighted by molar-refractivity contribution is 9.10. The van der Waals surface area contributed by atoms with Crippen molar-refractivity contribution >= 4 is 37.5 Å². The number of carbonyl (C=O) groups excluding carboxylic acids is 1. The molecule has 0 fully saturated rings. The van der Waals surface area contributed by atoms with Crippen LogP contribution in [-0.4, -0.2) is 39.8 Å². The van der Waals surface area contributed by atoms with Gasteiger partial charge in [-0.3, -0.25) is 9.10 Å². The largest absolute Gasteiger partial charge is 0.497 e. The van der Waals surface area contributed by atoms with Crippen molar-refractivity contribution < 1.29 is 22.7 Å². The van der Waals surface area contributed by atoms with Gasteiger partial charge in [0.1, 0.15) is 23.6 Å². The third-order valence-corrected chi connectivity index (χ3v) is 6.43. The van der Waals surface area contributed by atoms with Gasteiger partial charge in [-0.2, -0.15) is 0 Å². The average molecular weight is 497 g/mol. The molecule has 0 aliphatic carbocycles. The van der Waals surface area contributed by atoms with Gasteiger partial charge in [0.2, 0.25) is 15.9 Å². The maximum absolute atomic E-state index is 12.9. The number of ether oxygens (including phenoxy) is 2. The number of nitrogens with zero attached hydrogens (tertiary/aromatic N) is 1. The smallest absolute Gasteiger partial charge is 0.241 e. The molecule has 0 saturated carbocycles. The predicted molar refractivity (Wildman–Crippen MR) is 120 cm³/mol. The number of hydrogen-bond acceptors (Lipinski definition) is 5. The molecule has 30 heavy (non-hydrogen) atoms. The zero-order valence-electron chi connectivity index (χ0n) is 17.3. The lowest BCUT2D eigenvalue weighted by Gasteiger charge is -2.38. The first-order valence-corrected chi connectivity index (χ1v) is 12.0. The molecule has 0 spiro atoms. The molecule has 0 bridgehead atoms. The number of nitrogens with one attached hydrogen (secondary N) is 1. The minimum absolute atomic E-state index is 0.314. The van der Waals surface area contributed by atoms with Crippen LogP contribution in [0.1, 0.15) is 31.9 Å². The Kier molecular flexibility index (Phi) is 6.33. The summed E-state index contributed by atoms with van der Waals surface area (Å²) in [6.45, 7) is 3.57. The van der Waals surface area contributed by atoms with Gasteiger partial charge in [-0.1, -0.05) is 22.0 Å². The Hall–Kier alpha value is -2.26. The van der Waals surface area contributed by atoms with Crippen molar-refractivity contribution in [3.05, 3.63) is 52.5 Å². The lowest BCUT2D eigenvalue weighted by Crippen LogP contribution is -2.45. The van der Waals surface area contributed by atoms with Gasteiger partial charge in [0.25, 0.3) is 0 Å². The minimum atomic E-state index is -3.65. The van der Waals surface area contributed by atoms with E-state index in [0.717, 1.165) is 20.6 Å². The standard InChI is InChI=1S/C21H25BrN2O5S/c1-21(2)12-18(17-9-8-16(28-3)11-19(17)29-21)23-20(25)13-24(30(4,26)27)15-7-5-6-14(22)10-15/h5-11,18H,12-13H2,1-4H3,(H,23,25). The number of benzene rings is 2. The number of anilines is 1. The normalized spacial score (nSPS) is 17.4. The van der Waals surface area contributed by atoms with E-state index >= 15 is 0 Å². The molecule has 1 heterocycles. The zero-order valence-corrected chi connectivity index (χ0v) is 19.7. The summed E-state index contributed by atoms with van der Waals surface area (Å²) >= 11 is 3.34. The van der Waals surface area contributed by atoms with Crippen LogP contribution >= 0.6 is 15.9 Å². The molecule has 0 saturated heterocycles. The van der Waals surface area contributed by atoms with Crippen LogP contribution in [0.3, 0.4) is 0 Å². The van der Waals surface area contributed by atoms with Crippen molar-refractivity contribution in [1.82, 2.24) is 5.32 Å². The van der Waals surface area contributed by atoms with Crippen LogP contribution in [0.5, 0.6) is 11.5 Å². The van der Waals surface area contributed by atoms with Crippen molar-refractivity contribution in [3.8, 4) is 11.5 Å². The number of fused-ring (bicyclic) bond motifs is 1. The fraction of sp³-hybridized carbons (Fsp3) is 0.381. The molecule has 7 nitrogen and oxygen atoms in total. The van der Waals surface area contributed by atoms with E-state index in [9.17, 15) is 13.2 Å². The van der Waals surface area contributed by atoms with E-state index in [-0.39, 0.29) is 12.6 Å². The highest BCUT2D eigenvalue weighted by Gasteiger charge is 2.35. The summed E-state index contributed by atoms with van der Waals surface area (Å²) in [5.41, 5.74) is 0.745. The van der Waals surface area contributed by atoms with Crippen LogP contribution in [-0.2, 0) is 14.8 Å². The second kappa shape index (κ2) is 8.47. The summed E-state index contributed by atoms with van der Waals surface area (Å²) < 4.78 is 37.8. The van der Waals surface area contributed by atoms with Crippen LogP contribution in [0.25, 0.3) is 0 Å². The van der Waals surface area contributed by atoms with Crippen molar-refractivity contribution in [3.63, 3.8) is 0 Å². The molecule has 2 aromatic rings. The molecule has 3 rings (SSSR count). The second-order valence-corrected chi connectivity index (χ2v) is 10.7. The van der Waals surface area contributed by atoms with Gasteiger partial charge in [0.05, 0.1) is 25.1 Å².